The Hall–Kier alpha value is -1.06. The van der Waals surface area contributed by atoms with Crippen LogP contribution in [0.5, 0.6) is 5.75 Å². The normalized spacial score (nSPS) is 21.1. The van der Waals surface area contributed by atoms with Crippen molar-refractivity contribution in [1.82, 2.24) is 10.2 Å². The zero-order valence-corrected chi connectivity index (χ0v) is 13.6. The molecule has 1 aliphatic rings. The molecule has 21 heavy (non-hydrogen) atoms. The molecule has 1 aromatic carbocycles. The van der Waals surface area contributed by atoms with Crippen LogP contribution in [0.3, 0.4) is 0 Å². The average Bonchev–Trinajstić information content (AvgIpc) is 2.55. The summed E-state index contributed by atoms with van der Waals surface area (Å²) in [4.78, 5) is 2.57. The van der Waals surface area contributed by atoms with E-state index in [2.05, 4.69) is 24.1 Å². The van der Waals surface area contributed by atoms with Crippen molar-refractivity contribution < 1.29 is 4.74 Å². The number of para-hydroxylation sites is 1. The molecule has 0 radical (unpaired) electrons. The maximum atomic E-state index is 5.72. The fourth-order valence-electron chi connectivity index (χ4n) is 3.06. The van der Waals surface area contributed by atoms with E-state index in [1.165, 1.54) is 32.5 Å². The zero-order valence-electron chi connectivity index (χ0n) is 13.6. The van der Waals surface area contributed by atoms with Gasteiger partial charge in [-0.1, -0.05) is 25.1 Å². The van der Waals surface area contributed by atoms with Gasteiger partial charge in [-0.15, -0.1) is 0 Å². The highest BCUT2D eigenvalue weighted by Gasteiger charge is 2.23. The molecule has 1 saturated heterocycles. The van der Waals surface area contributed by atoms with E-state index >= 15 is 0 Å². The van der Waals surface area contributed by atoms with Gasteiger partial charge in [-0.05, 0) is 63.9 Å². The van der Waals surface area contributed by atoms with Crippen LogP contribution in [0.2, 0.25) is 0 Å². The number of piperidine rings is 1. The van der Waals surface area contributed by atoms with E-state index in [0.29, 0.717) is 6.04 Å². The second kappa shape index (κ2) is 9.06. The van der Waals surface area contributed by atoms with E-state index in [0.717, 1.165) is 31.2 Å². The molecule has 0 aromatic heterocycles. The van der Waals surface area contributed by atoms with Crippen LogP contribution in [0.1, 0.15) is 33.1 Å². The number of hydrogen-bond donors (Lipinski definition) is 1. The van der Waals surface area contributed by atoms with Gasteiger partial charge in [0, 0.05) is 12.6 Å². The molecule has 3 heteroatoms. The largest absolute Gasteiger partial charge is 0.494 e. The van der Waals surface area contributed by atoms with Gasteiger partial charge in [0.1, 0.15) is 5.75 Å². The molecule has 1 fully saturated rings. The number of ether oxygens (including phenoxy) is 1. The average molecular weight is 290 g/mol. The summed E-state index contributed by atoms with van der Waals surface area (Å²) in [5, 5.41) is 3.68. The van der Waals surface area contributed by atoms with Crippen LogP contribution < -0.4 is 10.1 Å². The molecule has 0 aliphatic carbocycles. The summed E-state index contributed by atoms with van der Waals surface area (Å²) < 4.78 is 5.72. The van der Waals surface area contributed by atoms with Crippen LogP contribution in [0, 0.1) is 5.92 Å². The first-order valence-corrected chi connectivity index (χ1v) is 8.43. The third-order valence-corrected chi connectivity index (χ3v) is 4.50. The summed E-state index contributed by atoms with van der Waals surface area (Å²) >= 11 is 0. The summed E-state index contributed by atoms with van der Waals surface area (Å²) in [6.45, 7) is 10.2. The minimum Gasteiger partial charge on any atom is -0.494 e. The van der Waals surface area contributed by atoms with Crippen molar-refractivity contribution >= 4 is 0 Å². The SMILES string of the molecule is CCN1CCCC(C(C)NCCCOc2ccccc2)C1. The van der Waals surface area contributed by atoms with Gasteiger partial charge < -0.3 is 15.0 Å². The summed E-state index contributed by atoms with van der Waals surface area (Å²) in [7, 11) is 0. The van der Waals surface area contributed by atoms with E-state index in [-0.39, 0.29) is 0 Å². The molecule has 1 heterocycles. The number of rotatable bonds is 8. The predicted octanol–water partition coefficient (Wildman–Crippen LogP) is 3.17. The van der Waals surface area contributed by atoms with Gasteiger partial charge in [0.05, 0.1) is 6.61 Å². The lowest BCUT2D eigenvalue weighted by atomic mass is 9.91. The third kappa shape index (κ3) is 5.68. The van der Waals surface area contributed by atoms with Gasteiger partial charge in [-0.2, -0.15) is 0 Å². The fourth-order valence-corrected chi connectivity index (χ4v) is 3.06. The summed E-state index contributed by atoms with van der Waals surface area (Å²) in [6.07, 6.45) is 3.77. The van der Waals surface area contributed by atoms with Crippen LogP contribution in [0.4, 0.5) is 0 Å². The Morgan fingerprint density at radius 2 is 2.14 bits per heavy atom. The van der Waals surface area contributed by atoms with Crippen molar-refractivity contribution in [3.05, 3.63) is 30.3 Å². The van der Waals surface area contributed by atoms with E-state index in [1.54, 1.807) is 0 Å². The Morgan fingerprint density at radius 1 is 1.33 bits per heavy atom. The van der Waals surface area contributed by atoms with Crippen LogP contribution in [0.15, 0.2) is 30.3 Å². The van der Waals surface area contributed by atoms with Gasteiger partial charge in [0.25, 0.3) is 0 Å². The third-order valence-electron chi connectivity index (χ3n) is 4.50. The number of nitrogens with one attached hydrogen (secondary N) is 1. The topological polar surface area (TPSA) is 24.5 Å². The maximum Gasteiger partial charge on any atom is 0.119 e. The molecular formula is C18H30N2O. The first-order chi connectivity index (χ1) is 10.3. The van der Waals surface area contributed by atoms with Crippen molar-refractivity contribution in [2.75, 3.05) is 32.8 Å². The van der Waals surface area contributed by atoms with Crippen LogP contribution >= 0.6 is 0 Å². The molecular weight excluding hydrogens is 260 g/mol. The maximum absolute atomic E-state index is 5.72. The Bertz CT molecular complexity index is 382. The van der Waals surface area contributed by atoms with E-state index in [1.807, 2.05) is 30.3 Å². The molecule has 2 atom stereocenters. The number of benzene rings is 1. The fraction of sp³-hybridized carbons (Fsp3) is 0.667. The quantitative estimate of drug-likeness (QED) is 0.744. The van der Waals surface area contributed by atoms with Crippen molar-refractivity contribution in [3.8, 4) is 5.75 Å². The van der Waals surface area contributed by atoms with Crippen LogP contribution in [-0.4, -0.2) is 43.7 Å². The van der Waals surface area contributed by atoms with Gasteiger partial charge in [-0.25, -0.2) is 0 Å². The summed E-state index contributed by atoms with van der Waals surface area (Å²) in [5.74, 6) is 1.77. The lowest BCUT2D eigenvalue weighted by molar-refractivity contribution is 0.156. The first kappa shape index (κ1) is 16.3. The standard InChI is InChI=1S/C18H30N2O/c1-3-20-13-7-9-17(15-20)16(2)19-12-8-14-21-18-10-5-4-6-11-18/h4-6,10-11,16-17,19H,3,7-9,12-15H2,1-2H3. The Balaban J connectivity index is 1.57. The highest BCUT2D eigenvalue weighted by atomic mass is 16.5. The van der Waals surface area contributed by atoms with Gasteiger partial charge >= 0.3 is 0 Å². The van der Waals surface area contributed by atoms with Gasteiger partial charge in [0.15, 0.2) is 0 Å². The van der Waals surface area contributed by atoms with Crippen molar-refractivity contribution in [2.45, 2.75) is 39.2 Å². The lowest BCUT2D eigenvalue weighted by Gasteiger charge is -2.35. The Labute approximate surface area is 129 Å². The van der Waals surface area contributed by atoms with E-state index in [4.69, 9.17) is 4.74 Å². The number of hydrogen-bond acceptors (Lipinski definition) is 3. The molecule has 2 rings (SSSR count). The summed E-state index contributed by atoms with van der Waals surface area (Å²) in [5.41, 5.74) is 0. The summed E-state index contributed by atoms with van der Waals surface area (Å²) in [6, 6.07) is 10.7. The highest BCUT2D eigenvalue weighted by molar-refractivity contribution is 5.20. The number of nitrogens with zero attached hydrogens (tertiary/aromatic N) is 1. The van der Waals surface area contributed by atoms with Crippen LogP contribution in [-0.2, 0) is 0 Å². The number of likely N-dealkylation sites (tertiary alicyclic amines) is 1. The zero-order chi connectivity index (χ0) is 14.9. The Kier molecular flexibility index (Phi) is 7.04. The Morgan fingerprint density at radius 3 is 2.90 bits per heavy atom. The minimum atomic E-state index is 0.607. The molecule has 1 aliphatic heterocycles. The van der Waals surface area contributed by atoms with E-state index in [9.17, 15) is 0 Å². The lowest BCUT2D eigenvalue weighted by Crippen LogP contribution is -2.44. The molecule has 0 saturated carbocycles. The molecule has 1 N–H and O–H groups in total. The van der Waals surface area contributed by atoms with Gasteiger partial charge in [0.2, 0.25) is 0 Å². The second-order valence-electron chi connectivity index (χ2n) is 6.05. The predicted molar refractivity (Wildman–Crippen MR) is 88.9 cm³/mol. The minimum absolute atomic E-state index is 0.607. The van der Waals surface area contributed by atoms with Gasteiger partial charge in [-0.3, -0.25) is 0 Å². The molecule has 0 amide bonds. The first-order valence-electron chi connectivity index (χ1n) is 8.43. The monoisotopic (exact) mass is 290 g/mol. The smallest absolute Gasteiger partial charge is 0.119 e. The second-order valence-corrected chi connectivity index (χ2v) is 6.05. The highest BCUT2D eigenvalue weighted by Crippen LogP contribution is 2.19. The molecule has 118 valence electrons. The molecule has 0 spiro atoms. The van der Waals surface area contributed by atoms with E-state index < -0.39 is 0 Å². The molecule has 3 nitrogen and oxygen atoms in total. The molecule has 0 bridgehead atoms. The van der Waals surface area contributed by atoms with Crippen molar-refractivity contribution in [3.63, 3.8) is 0 Å². The van der Waals surface area contributed by atoms with Crippen LogP contribution in [0.25, 0.3) is 0 Å². The molecule has 1 aromatic rings. The molecule has 2 unspecified atom stereocenters. The van der Waals surface area contributed by atoms with Crippen molar-refractivity contribution in [2.24, 2.45) is 5.92 Å². The van der Waals surface area contributed by atoms with Crippen molar-refractivity contribution in [1.29, 1.82) is 0 Å².